The van der Waals surface area contributed by atoms with Crippen LogP contribution >= 0.6 is 0 Å². The monoisotopic (exact) mass is 418 g/mol. The van der Waals surface area contributed by atoms with Gasteiger partial charge in [-0.25, -0.2) is 8.78 Å². The van der Waals surface area contributed by atoms with Crippen LogP contribution in [0, 0.1) is 17.6 Å². The Bertz CT molecular complexity index is 855. The van der Waals surface area contributed by atoms with Gasteiger partial charge in [0.25, 0.3) is 0 Å². The minimum absolute atomic E-state index is 0.110. The molecule has 0 bridgehead atoms. The van der Waals surface area contributed by atoms with Crippen molar-refractivity contribution in [2.24, 2.45) is 5.92 Å². The Morgan fingerprint density at radius 2 is 1.67 bits per heavy atom. The minimum Gasteiger partial charge on any atom is -0.486 e. The molecule has 6 heteroatoms. The molecule has 2 fully saturated rings. The van der Waals surface area contributed by atoms with Crippen LogP contribution in [0.15, 0.2) is 42.5 Å². The van der Waals surface area contributed by atoms with Crippen molar-refractivity contribution in [2.75, 3.05) is 13.2 Å². The van der Waals surface area contributed by atoms with Crippen molar-refractivity contribution in [1.82, 2.24) is 0 Å². The first-order valence-electron chi connectivity index (χ1n) is 10.5. The van der Waals surface area contributed by atoms with Crippen LogP contribution in [0.2, 0.25) is 0 Å². The summed E-state index contributed by atoms with van der Waals surface area (Å²) in [5, 5.41) is 11.1. The number of benzene rings is 2. The van der Waals surface area contributed by atoms with E-state index in [0.29, 0.717) is 38.9 Å². The second-order valence-electron chi connectivity index (χ2n) is 8.46. The van der Waals surface area contributed by atoms with E-state index in [-0.39, 0.29) is 30.3 Å². The summed E-state index contributed by atoms with van der Waals surface area (Å²) in [5.74, 6) is -2.04. The fourth-order valence-corrected chi connectivity index (χ4v) is 4.43. The number of aliphatic hydroxyl groups is 1. The number of halogens is 2. The largest absolute Gasteiger partial charge is 0.486 e. The summed E-state index contributed by atoms with van der Waals surface area (Å²) in [6.45, 7) is 3.21. The molecule has 162 valence electrons. The molecule has 2 aromatic rings. The highest BCUT2D eigenvalue weighted by atomic mass is 19.1. The third-order valence-electron chi connectivity index (χ3n) is 6.47. The van der Waals surface area contributed by atoms with Crippen molar-refractivity contribution in [3.8, 4) is 5.75 Å². The van der Waals surface area contributed by atoms with Crippen molar-refractivity contribution in [3.05, 3.63) is 65.2 Å². The summed E-state index contributed by atoms with van der Waals surface area (Å²) < 4.78 is 46.1. The van der Waals surface area contributed by atoms with Gasteiger partial charge in [-0.05, 0) is 42.4 Å². The minimum atomic E-state index is -0.952. The van der Waals surface area contributed by atoms with Gasteiger partial charge in [0.2, 0.25) is 0 Å². The van der Waals surface area contributed by atoms with E-state index >= 15 is 0 Å². The molecule has 1 spiro atoms. The number of rotatable bonds is 6. The molecule has 1 N–H and O–H groups in total. The van der Waals surface area contributed by atoms with Crippen molar-refractivity contribution in [3.63, 3.8) is 0 Å². The summed E-state index contributed by atoms with van der Waals surface area (Å²) >= 11 is 0. The van der Waals surface area contributed by atoms with Crippen LogP contribution in [-0.4, -0.2) is 29.7 Å². The van der Waals surface area contributed by atoms with Gasteiger partial charge in [0.15, 0.2) is 17.4 Å². The van der Waals surface area contributed by atoms with E-state index in [2.05, 4.69) is 0 Å². The van der Waals surface area contributed by atoms with E-state index in [1.165, 1.54) is 6.07 Å². The van der Waals surface area contributed by atoms with Gasteiger partial charge in [-0.1, -0.05) is 37.3 Å². The highest BCUT2D eigenvalue weighted by Gasteiger charge is 2.47. The highest BCUT2D eigenvalue weighted by Crippen LogP contribution is 2.44. The molecule has 1 atom stereocenters. The predicted octanol–water partition coefficient (Wildman–Crippen LogP) is 4.77. The van der Waals surface area contributed by atoms with Crippen LogP contribution in [-0.2, 0) is 22.5 Å². The highest BCUT2D eigenvalue weighted by molar-refractivity contribution is 5.32. The molecule has 0 aromatic heterocycles. The predicted molar refractivity (Wildman–Crippen MR) is 108 cm³/mol. The molecular formula is C24H28F2O4. The first-order chi connectivity index (χ1) is 14.4. The van der Waals surface area contributed by atoms with Gasteiger partial charge < -0.3 is 19.3 Å². The van der Waals surface area contributed by atoms with Crippen molar-refractivity contribution in [2.45, 2.75) is 57.0 Å². The maximum atomic E-state index is 14.7. The van der Waals surface area contributed by atoms with Gasteiger partial charge in [0.05, 0.1) is 18.8 Å². The average molecular weight is 418 g/mol. The maximum absolute atomic E-state index is 14.7. The van der Waals surface area contributed by atoms with Gasteiger partial charge in [0.1, 0.15) is 12.4 Å². The SMILES string of the molecule is CC(Cc1cc(F)c(OCc2ccccc2)cc1F)C1(O)CCC2(CC1)OCCO2. The Kier molecular flexibility index (Phi) is 6.09. The molecule has 30 heavy (non-hydrogen) atoms. The number of ether oxygens (including phenoxy) is 3. The zero-order valence-corrected chi connectivity index (χ0v) is 17.2. The van der Waals surface area contributed by atoms with Crippen LogP contribution in [0.25, 0.3) is 0 Å². The smallest absolute Gasteiger partial charge is 0.168 e. The molecule has 1 saturated carbocycles. The van der Waals surface area contributed by atoms with Crippen LogP contribution in [0.3, 0.4) is 0 Å². The second-order valence-corrected chi connectivity index (χ2v) is 8.46. The van der Waals surface area contributed by atoms with Crippen molar-refractivity contribution < 1.29 is 28.1 Å². The molecule has 1 heterocycles. The van der Waals surface area contributed by atoms with Gasteiger partial charge in [0, 0.05) is 18.9 Å². The fourth-order valence-electron chi connectivity index (χ4n) is 4.43. The lowest BCUT2D eigenvalue weighted by atomic mass is 9.72. The van der Waals surface area contributed by atoms with Crippen LogP contribution in [0.5, 0.6) is 5.75 Å². The first kappa shape index (κ1) is 21.2. The van der Waals surface area contributed by atoms with Gasteiger partial charge in [-0.3, -0.25) is 0 Å². The second kappa shape index (κ2) is 8.61. The van der Waals surface area contributed by atoms with Crippen LogP contribution in [0.4, 0.5) is 8.78 Å². The standard InChI is InChI=1S/C24H28F2O4/c1-17(23(27)7-9-24(10-8-23)29-11-12-30-24)13-19-14-21(26)22(15-20(19)25)28-16-18-5-3-2-4-6-18/h2-6,14-15,17,27H,7-13,16H2,1H3. The summed E-state index contributed by atoms with van der Waals surface area (Å²) in [5.41, 5.74) is 0.169. The zero-order valence-electron chi connectivity index (χ0n) is 17.2. The van der Waals surface area contributed by atoms with E-state index in [9.17, 15) is 13.9 Å². The molecule has 1 saturated heterocycles. The Hall–Kier alpha value is -2.02. The molecule has 2 aromatic carbocycles. The van der Waals surface area contributed by atoms with E-state index in [4.69, 9.17) is 14.2 Å². The molecule has 0 radical (unpaired) electrons. The molecular weight excluding hydrogens is 390 g/mol. The summed E-state index contributed by atoms with van der Waals surface area (Å²) in [7, 11) is 0. The Labute approximate surface area is 175 Å². The van der Waals surface area contributed by atoms with Crippen molar-refractivity contribution >= 4 is 0 Å². The van der Waals surface area contributed by atoms with Gasteiger partial charge in [-0.2, -0.15) is 0 Å². The lowest BCUT2D eigenvalue weighted by Gasteiger charge is -2.43. The van der Waals surface area contributed by atoms with E-state index in [1.807, 2.05) is 37.3 Å². The average Bonchev–Trinajstić information content (AvgIpc) is 3.21. The normalized spacial score (nSPS) is 20.9. The zero-order chi connectivity index (χ0) is 21.2. The Morgan fingerprint density at radius 3 is 2.33 bits per heavy atom. The maximum Gasteiger partial charge on any atom is 0.168 e. The van der Waals surface area contributed by atoms with Gasteiger partial charge >= 0.3 is 0 Å². The molecule has 4 rings (SSSR count). The third kappa shape index (κ3) is 4.51. The lowest BCUT2D eigenvalue weighted by Crippen LogP contribution is -2.47. The Morgan fingerprint density at radius 1 is 1.00 bits per heavy atom. The topological polar surface area (TPSA) is 47.9 Å². The number of hydrogen-bond donors (Lipinski definition) is 1. The summed E-state index contributed by atoms with van der Waals surface area (Å²) in [6.07, 6.45) is 2.48. The summed E-state index contributed by atoms with van der Waals surface area (Å²) in [6, 6.07) is 11.6. The summed E-state index contributed by atoms with van der Waals surface area (Å²) in [4.78, 5) is 0. The van der Waals surface area contributed by atoms with Crippen LogP contribution in [0.1, 0.15) is 43.7 Å². The van der Waals surface area contributed by atoms with Crippen molar-refractivity contribution in [1.29, 1.82) is 0 Å². The molecule has 0 amide bonds. The molecule has 4 nitrogen and oxygen atoms in total. The first-order valence-corrected chi connectivity index (χ1v) is 10.5. The molecule has 1 aliphatic carbocycles. The molecule has 1 unspecified atom stereocenters. The van der Waals surface area contributed by atoms with E-state index in [0.717, 1.165) is 11.6 Å². The number of hydrogen-bond acceptors (Lipinski definition) is 4. The lowest BCUT2D eigenvalue weighted by molar-refractivity contribution is -0.209. The molecule has 2 aliphatic rings. The quantitative estimate of drug-likeness (QED) is 0.734. The molecule has 1 aliphatic heterocycles. The van der Waals surface area contributed by atoms with E-state index < -0.39 is 23.0 Å². The Balaban J connectivity index is 1.39. The fraction of sp³-hybridized carbons (Fsp3) is 0.500. The van der Waals surface area contributed by atoms with Gasteiger partial charge in [-0.15, -0.1) is 0 Å². The third-order valence-corrected chi connectivity index (χ3v) is 6.47. The van der Waals surface area contributed by atoms with Crippen LogP contribution < -0.4 is 4.74 Å². The van der Waals surface area contributed by atoms with E-state index in [1.54, 1.807) is 0 Å².